The van der Waals surface area contributed by atoms with Crippen molar-refractivity contribution in [2.75, 3.05) is 39.3 Å². The standard InChI is InChI=1S/C12H24N4.HI/c1-2-4-10-16(9-3-1)11-8-15-12-13-6-5-7-14-12;/h1-11H2,(H2,13,14,15);1H. The van der Waals surface area contributed by atoms with Gasteiger partial charge in [0, 0.05) is 26.2 Å². The largest absolute Gasteiger partial charge is 0.356 e. The van der Waals surface area contributed by atoms with Crippen LogP contribution in [0.2, 0.25) is 0 Å². The van der Waals surface area contributed by atoms with Crippen molar-refractivity contribution in [2.24, 2.45) is 4.99 Å². The molecule has 17 heavy (non-hydrogen) atoms. The predicted octanol–water partition coefficient (Wildman–Crippen LogP) is 1.42. The lowest BCUT2D eigenvalue weighted by Crippen LogP contribution is -2.44. The average molecular weight is 352 g/mol. The van der Waals surface area contributed by atoms with Gasteiger partial charge in [0.1, 0.15) is 0 Å². The van der Waals surface area contributed by atoms with E-state index in [2.05, 4.69) is 20.5 Å². The molecule has 2 N–H and O–H groups in total. The monoisotopic (exact) mass is 352 g/mol. The van der Waals surface area contributed by atoms with Gasteiger partial charge in [-0.3, -0.25) is 4.99 Å². The Labute approximate surface area is 122 Å². The molecule has 0 unspecified atom stereocenters. The fourth-order valence-electron chi connectivity index (χ4n) is 2.34. The summed E-state index contributed by atoms with van der Waals surface area (Å²) in [6, 6.07) is 0. The van der Waals surface area contributed by atoms with E-state index in [0.29, 0.717) is 0 Å². The second-order valence-electron chi connectivity index (χ2n) is 4.69. The number of nitrogens with zero attached hydrogens (tertiary/aromatic N) is 2. The van der Waals surface area contributed by atoms with Crippen molar-refractivity contribution in [2.45, 2.75) is 32.1 Å². The molecule has 5 heteroatoms. The summed E-state index contributed by atoms with van der Waals surface area (Å²) in [6.07, 6.45) is 6.74. The summed E-state index contributed by atoms with van der Waals surface area (Å²) in [7, 11) is 0. The zero-order chi connectivity index (χ0) is 11.1. The average Bonchev–Trinajstić information content (AvgIpc) is 2.59. The molecular weight excluding hydrogens is 327 g/mol. The Morgan fingerprint density at radius 1 is 1.12 bits per heavy atom. The second kappa shape index (κ2) is 8.97. The fraction of sp³-hybridized carbons (Fsp3) is 0.917. The first-order chi connectivity index (χ1) is 7.95. The zero-order valence-corrected chi connectivity index (χ0v) is 12.9. The molecule has 0 atom stereocenters. The summed E-state index contributed by atoms with van der Waals surface area (Å²) in [5.74, 6) is 1.00. The molecule has 2 rings (SSSR count). The molecule has 0 aliphatic carbocycles. The van der Waals surface area contributed by atoms with Crippen molar-refractivity contribution in [3.63, 3.8) is 0 Å². The van der Waals surface area contributed by atoms with Crippen LogP contribution in [0.3, 0.4) is 0 Å². The highest BCUT2D eigenvalue weighted by Crippen LogP contribution is 2.08. The molecular formula is C12H25IN4. The minimum Gasteiger partial charge on any atom is -0.356 e. The molecule has 0 amide bonds. The maximum Gasteiger partial charge on any atom is 0.191 e. The first kappa shape index (κ1) is 15.0. The van der Waals surface area contributed by atoms with Gasteiger partial charge in [0.25, 0.3) is 0 Å². The number of rotatable bonds is 3. The Morgan fingerprint density at radius 2 is 1.88 bits per heavy atom. The van der Waals surface area contributed by atoms with Gasteiger partial charge in [-0.1, -0.05) is 12.8 Å². The van der Waals surface area contributed by atoms with Crippen molar-refractivity contribution in [1.82, 2.24) is 15.5 Å². The van der Waals surface area contributed by atoms with Crippen LogP contribution in [-0.2, 0) is 0 Å². The van der Waals surface area contributed by atoms with Crippen molar-refractivity contribution >= 4 is 29.9 Å². The molecule has 2 heterocycles. The van der Waals surface area contributed by atoms with Gasteiger partial charge >= 0.3 is 0 Å². The lowest BCUT2D eigenvalue weighted by Gasteiger charge is -2.21. The Bertz CT molecular complexity index is 225. The Hall–Kier alpha value is -0.0400. The summed E-state index contributed by atoms with van der Waals surface area (Å²) in [4.78, 5) is 6.98. The quantitative estimate of drug-likeness (QED) is 0.755. The highest BCUT2D eigenvalue weighted by molar-refractivity contribution is 14.0. The van der Waals surface area contributed by atoms with E-state index >= 15 is 0 Å². The molecule has 0 radical (unpaired) electrons. The third kappa shape index (κ3) is 5.90. The first-order valence-corrected chi connectivity index (χ1v) is 6.70. The van der Waals surface area contributed by atoms with E-state index < -0.39 is 0 Å². The van der Waals surface area contributed by atoms with E-state index in [1.54, 1.807) is 0 Å². The summed E-state index contributed by atoms with van der Waals surface area (Å²) < 4.78 is 0. The van der Waals surface area contributed by atoms with Crippen LogP contribution in [0, 0.1) is 0 Å². The summed E-state index contributed by atoms with van der Waals surface area (Å²) in [5.41, 5.74) is 0. The lowest BCUT2D eigenvalue weighted by atomic mass is 10.2. The van der Waals surface area contributed by atoms with E-state index in [0.717, 1.165) is 38.6 Å². The van der Waals surface area contributed by atoms with Crippen LogP contribution in [0.1, 0.15) is 32.1 Å². The molecule has 0 aromatic rings. The minimum atomic E-state index is 0. The molecule has 2 aliphatic heterocycles. The summed E-state index contributed by atoms with van der Waals surface area (Å²) in [5, 5.41) is 6.68. The van der Waals surface area contributed by atoms with E-state index in [1.807, 2.05) is 0 Å². The molecule has 0 spiro atoms. The molecule has 0 saturated carbocycles. The summed E-state index contributed by atoms with van der Waals surface area (Å²) in [6.45, 7) is 6.77. The molecule has 4 nitrogen and oxygen atoms in total. The van der Waals surface area contributed by atoms with Gasteiger partial charge in [0.05, 0.1) is 0 Å². The predicted molar refractivity (Wildman–Crippen MR) is 83.2 cm³/mol. The van der Waals surface area contributed by atoms with Crippen LogP contribution in [0.5, 0.6) is 0 Å². The maximum absolute atomic E-state index is 4.41. The number of hydrogen-bond donors (Lipinski definition) is 2. The van der Waals surface area contributed by atoms with Crippen LogP contribution in [0.15, 0.2) is 4.99 Å². The first-order valence-electron chi connectivity index (χ1n) is 6.70. The number of halogens is 1. The minimum absolute atomic E-state index is 0. The lowest BCUT2D eigenvalue weighted by molar-refractivity contribution is 0.289. The van der Waals surface area contributed by atoms with Crippen molar-refractivity contribution in [3.05, 3.63) is 0 Å². The van der Waals surface area contributed by atoms with Gasteiger partial charge < -0.3 is 15.5 Å². The van der Waals surface area contributed by atoms with Gasteiger partial charge in [0.15, 0.2) is 5.96 Å². The summed E-state index contributed by atoms with van der Waals surface area (Å²) >= 11 is 0. The number of guanidine groups is 1. The Balaban J connectivity index is 0.00000144. The zero-order valence-electron chi connectivity index (χ0n) is 10.6. The van der Waals surface area contributed by atoms with E-state index in [-0.39, 0.29) is 24.0 Å². The van der Waals surface area contributed by atoms with E-state index in [4.69, 9.17) is 0 Å². The van der Waals surface area contributed by atoms with E-state index in [9.17, 15) is 0 Å². The SMILES string of the molecule is C1CCCN(CCNC2=NCCCN2)CC1.I. The number of hydrogen-bond acceptors (Lipinski definition) is 4. The van der Waals surface area contributed by atoms with Gasteiger partial charge in [-0.05, 0) is 32.4 Å². The topological polar surface area (TPSA) is 39.7 Å². The third-order valence-corrected chi connectivity index (χ3v) is 3.32. The molecule has 1 fully saturated rings. The van der Waals surface area contributed by atoms with Crippen molar-refractivity contribution in [1.29, 1.82) is 0 Å². The van der Waals surface area contributed by atoms with Crippen LogP contribution < -0.4 is 10.6 Å². The van der Waals surface area contributed by atoms with Gasteiger partial charge in [-0.15, -0.1) is 24.0 Å². The number of nitrogens with one attached hydrogen (secondary N) is 2. The third-order valence-electron chi connectivity index (χ3n) is 3.32. The normalized spacial score (nSPS) is 21.8. The van der Waals surface area contributed by atoms with Crippen LogP contribution in [-0.4, -0.2) is 50.1 Å². The highest BCUT2D eigenvalue weighted by atomic mass is 127. The van der Waals surface area contributed by atoms with Crippen LogP contribution in [0.25, 0.3) is 0 Å². The van der Waals surface area contributed by atoms with Gasteiger partial charge in [0.2, 0.25) is 0 Å². The van der Waals surface area contributed by atoms with Crippen molar-refractivity contribution < 1.29 is 0 Å². The van der Waals surface area contributed by atoms with E-state index in [1.165, 1.54) is 38.8 Å². The van der Waals surface area contributed by atoms with Gasteiger partial charge in [-0.25, -0.2) is 0 Å². The smallest absolute Gasteiger partial charge is 0.191 e. The Kier molecular flexibility index (Phi) is 7.92. The molecule has 1 saturated heterocycles. The molecule has 2 aliphatic rings. The highest BCUT2D eigenvalue weighted by Gasteiger charge is 2.09. The molecule has 0 aromatic carbocycles. The molecule has 0 bridgehead atoms. The van der Waals surface area contributed by atoms with Crippen LogP contribution in [0.4, 0.5) is 0 Å². The fourth-order valence-corrected chi connectivity index (χ4v) is 2.34. The number of likely N-dealkylation sites (tertiary alicyclic amines) is 1. The second-order valence-corrected chi connectivity index (χ2v) is 4.69. The van der Waals surface area contributed by atoms with Crippen LogP contribution >= 0.6 is 24.0 Å². The number of aliphatic imine (C=N–C) groups is 1. The maximum atomic E-state index is 4.41. The molecule has 0 aromatic heterocycles. The van der Waals surface area contributed by atoms with Gasteiger partial charge in [-0.2, -0.15) is 0 Å². The van der Waals surface area contributed by atoms with Crippen molar-refractivity contribution in [3.8, 4) is 0 Å². The molecule has 100 valence electrons. The Morgan fingerprint density at radius 3 is 2.53 bits per heavy atom.